The number of halogens is 1. The number of ether oxygens (including phenoxy) is 1. The molecule has 1 aliphatic rings. The number of rotatable bonds is 6. The number of anilines is 2. The van der Waals surface area contributed by atoms with Gasteiger partial charge in [0.1, 0.15) is 12.1 Å². The summed E-state index contributed by atoms with van der Waals surface area (Å²) in [6.07, 6.45) is 1.59. The number of amides is 2. The average molecular weight is 517 g/mol. The van der Waals surface area contributed by atoms with Gasteiger partial charge in [0.05, 0.1) is 11.6 Å². The van der Waals surface area contributed by atoms with Crippen molar-refractivity contribution in [2.75, 3.05) is 16.8 Å². The molecule has 2 amide bonds. The van der Waals surface area contributed by atoms with Crippen molar-refractivity contribution in [3.05, 3.63) is 82.9 Å². The predicted octanol–water partition coefficient (Wildman–Crippen LogP) is 5.02. The molecule has 4 aromatic rings. The van der Waals surface area contributed by atoms with E-state index in [0.717, 1.165) is 22.6 Å². The second-order valence-electron chi connectivity index (χ2n) is 8.92. The molecule has 2 aromatic heterocycles. The fourth-order valence-corrected chi connectivity index (χ4v) is 4.30. The molecule has 1 aliphatic heterocycles. The lowest BCUT2D eigenvalue weighted by Crippen LogP contribution is -2.28. The number of nitrogens with zero attached hydrogens (tertiary/aromatic N) is 5. The van der Waals surface area contributed by atoms with Crippen LogP contribution >= 0.6 is 11.6 Å². The molecule has 0 radical (unpaired) electrons. The number of carbonyl (C=O) groups is 2. The standard InChI is InChI=1S/C27H25ClN6O3/c1-16-17(2)32-34(18(16)3)24-13-25(30-15-29-24)37-23-10-6-21(7-11-23)31-27(36)19-12-26(35)33(14-19)22-8-4-20(28)5-9-22/h4-11,13,15,19H,12,14H2,1-3H3,(H,31,36). The summed E-state index contributed by atoms with van der Waals surface area (Å²) in [4.78, 5) is 35.4. The highest BCUT2D eigenvalue weighted by atomic mass is 35.5. The van der Waals surface area contributed by atoms with Crippen LogP contribution in [0, 0.1) is 26.7 Å². The van der Waals surface area contributed by atoms with Gasteiger partial charge in [0, 0.05) is 41.1 Å². The molecule has 0 spiro atoms. The van der Waals surface area contributed by atoms with Crippen molar-refractivity contribution < 1.29 is 14.3 Å². The second kappa shape index (κ2) is 10.0. The smallest absolute Gasteiger partial charge is 0.229 e. The van der Waals surface area contributed by atoms with Crippen LogP contribution < -0.4 is 15.0 Å². The van der Waals surface area contributed by atoms with E-state index in [4.69, 9.17) is 16.3 Å². The highest BCUT2D eigenvalue weighted by Gasteiger charge is 2.35. The first-order valence-electron chi connectivity index (χ1n) is 11.8. The summed E-state index contributed by atoms with van der Waals surface area (Å²) < 4.78 is 7.66. The predicted molar refractivity (Wildman–Crippen MR) is 140 cm³/mol. The molecule has 10 heteroatoms. The van der Waals surface area contributed by atoms with E-state index in [-0.39, 0.29) is 18.2 Å². The fraction of sp³-hybridized carbons (Fsp3) is 0.222. The quantitative estimate of drug-likeness (QED) is 0.386. The Labute approximate surface area is 219 Å². The van der Waals surface area contributed by atoms with Crippen molar-refractivity contribution in [2.45, 2.75) is 27.2 Å². The molecule has 0 saturated carbocycles. The number of benzene rings is 2. The lowest BCUT2D eigenvalue weighted by atomic mass is 10.1. The topological polar surface area (TPSA) is 102 Å². The van der Waals surface area contributed by atoms with Crippen molar-refractivity contribution in [3.63, 3.8) is 0 Å². The summed E-state index contributed by atoms with van der Waals surface area (Å²) in [6.45, 7) is 6.28. The van der Waals surface area contributed by atoms with Crippen LogP contribution in [-0.2, 0) is 9.59 Å². The van der Waals surface area contributed by atoms with Crippen molar-refractivity contribution >= 4 is 34.8 Å². The van der Waals surface area contributed by atoms with Gasteiger partial charge in [-0.25, -0.2) is 14.6 Å². The maximum Gasteiger partial charge on any atom is 0.229 e. The van der Waals surface area contributed by atoms with Crippen molar-refractivity contribution in [1.29, 1.82) is 0 Å². The lowest BCUT2D eigenvalue weighted by molar-refractivity contribution is -0.122. The maximum absolute atomic E-state index is 12.8. The van der Waals surface area contributed by atoms with E-state index in [0.29, 0.717) is 34.7 Å². The van der Waals surface area contributed by atoms with Gasteiger partial charge >= 0.3 is 0 Å². The first-order chi connectivity index (χ1) is 17.8. The number of aryl methyl sites for hydroxylation is 1. The highest BCUT2D eigenvalue weighted by Crippen LogP contribution is 2.28. The normalized spacial score (nSPS) is 15.2. The zero-order valence-electron chi connectivity index (χ0n) is 20.6. The second-order valence-corrected chi connectivity index (χ2v) is 9.36. The summed E-state index contributed by atoms with van der Waals surface area (Å²) in [5, 5.41) is 8.01. The molecule has 1 fully saturated rings. The van der Waals surface area contributed by atoms with Crippen LogP contribution in [-0.4, -0.2) is 38.1 Å². The van der Waals surface area contributed by atoms with Crippen molar-refractivity contribution in [2.24, 2.45) is 5.92 Å². The van der Waals surface area contributed by atoms with Crippen LogP contribution in [0.4, 0.5) is 11.4 Å². The molecule has 5 rings (SSSR count). The molecule has 0 bridgehead atoms. The van der Waals surface area contributed by atoms with Gasteiger partial charge in [-0.1, -0.05) is 11.6 Å². The van der Waals surface area contributed by atoms with E-state index >= 15 is 0 Å². The minimum absolute atomic E-state index is 0.0916. The average Bonchev–Trinajstić information content (AvgIpc) is 3.41. The Morgan fingerprint density at radius 1 is 1.05 bits per heavy atom. The molecule has 1 N–H and O–H groups in total. The van der Waals surface area contributed by atoms with Gasteiger partial charge in [-0.2, -0.15) is 5.10 Å². The van der Waals surface area contributed by atoms with Crippen LogP contribution in [0.5, 0.6) is 11.6 Å². The third kappa shape index (κ3) is 5.17. The highest BCUT2D eigenvalue weighted by molar-refractivity contribution is 6.30. The van der Waals surface area contributed by atoms with Crippen LogP contribution in [0.2, 0.25) is 5.02 Å². The van der Waals surface area contributed by atoms with E-state index in [9.17, 15) is 9.59 Å². The monoisotopic (exact) mass is 516 g/mol. The summed E-state index contributed by atoms with van der Waals surface area (Å²) >= 11 is 5.94. The Kier molecular flexibility index (Phi) is 6.62. The molecule has 1 unspecified atom stereocenters. The summed E-state index contributed by atoms with van der Waals surface area (Å²) in [7, 11) is 0. The number of hydrogen-bond acceptors (Lipinski definition) is 6. The summed E-state index contributed by atoms with van der Waals surface area (Å²) in [6, 6.07) is 15.7. The van der Waals surface area contributed by atoms with E-state index in [2.05, 4.69) is 20.4 Å². The number of hydrogen-bond donors (Lipinski definition) is 1. The molecule has 0 aliphatic carbocycles. The van der Waals surface area contributed by atoms with Crippen LogP contribution in [0.3, 0.4) is 0 Å². The minimum atomic E-state index is -0.448. The van der Waals surface area contributed by atoms with Gasteiger partial charge in [-0.3, -0.25) is 9.59 Å². The maximum atomic E-state index is 12.8. The third-order valence-electron chi connectivity index (χ3n) is 6.48. The van der Waals surface area contributed by atoms with Gasteiger partial charge < -0.3 is 15.0 Å². The zero-order valence-corrected chi connectivity index (χ0v) is 21.4. The first-order valence-corrected chi connectivity index (χ1v) is 12.2. The van der Waals surface area contributed by atoms with Gasteiger partial charge in [0.2, 0.25) is 17.7 Å². The zero-order chi connectivity index (χ0) is 26.1. The molecule has 9 nitrogen and oxygen atoms in total. The number of aromatic nitrogens is 4. The first kappa shape index (κ1) is 24.5. The molecule has 37 heavy (non-hydrogen) atoms. The van der Waals surface area contributed by atoms with E-state index in [1.807, 2.05) is 20.8 Å². The van der Waals surface area contributed by atoms with Gasteiger partial charge in [-0.05, 0) is 74.9 Å². The van der Waals surface area contributed by atoms with E-state index in [1.54, 1.807) is 64.2 Å². The van der Waals surface area contributed by atoms with Gasteiger partial charge in [-0.15, -0.1) is 0 Å². The Morgan fingerprint density at radius 3 is 2.46 bits per heavy atom. The van der Waals surface area contributed by atoms with Crippen molar-refractivity contribution in [1.82, 2.24) is 19.7 Å². The molecule has 1 saturated heterocycles. The van der Waals surface area contributed by atoms with Gasteiger partial charge in [0.15, 0.2) is 5.82 Å². The third-order valence-corrected chi connectivity index (χ3v) is 6.73. The molecular formula is C27H25ClN6O3. The molecule has 3 heterocycles. The van der Waals surface area contributed by atoms with Gasteiger partial charge in [0.25, 0.3) is 0 Å². The van der Waals surface area contributed by atoms with Crippen LogP contribution in [0.25, 0.3) is 5.82 Å². The SMILES string of the molecule is Cc1nn(-c2cc(Oc3ccc(NC(=O)C4CC(=O)N(c5ccc(Cl)cc5)C4)cc3)ncn2)c(C)c1C. The molecule has 2 aromatic carbocycles. The van der Waals surface area contributed by atoms with Crippen LogP contribution in [0.1, 0.15) is 23.4 Å². The summed E-state index contributed by atoms with van der Waals surface area (Å²) in [5.41, 5.74) is 4.39. The number of nitrogens with one attached hydrogen (secondary N) is 1. The fourth-order valence-electron chi connectivity index (χ4n) is 4.17. The Morgan fingerprint density at radius 2 is 1.78 bits per heavy atom. The Hall–Kier alpha value is -4.24. The Balaban J connectivity index is 1.22. The number of carbonyl (C=O) groups excluding carboxylic acids is 2. The molecule has 1 atom stereocenters. The minimum Gasteiger partial charge on any atom is -0.439 e. The molecular weight excluding hydrogens is 492 g/mol. The van der Waals surface area contributed by atoms with Crippen molar-refractivity contribution in [3.8, 4) is 17.4 Å². The largest absolute Gasteiger partial charge is 0.439 e. The van der Waals surface area contributed by atoms with E-state index in [1.165, 1.54) is 6.33 Å². The Bertz CT molecular complexity index is 1470. The van der Waals surface area contributed by atoms with Crippen LogP contribution in [0.15, 0.2) is 60.9 Å². The lowest BCUT2D eigenvalue weighted by Gasteiger charge is -2.17. The summed E-state index contributed by atoms with van der Waals surface area (Å²) in [5.74, 6) is 0.791. The molecule has 188 valence electrons. The van der Waals surface area contributed by atoms with E-state index < -0.39 is 5.92 Å².